The third-order valence-electron chi connectivity index (χ3n) is 1.61. The van der Waals surface area contributed by atoms with Gasteiger partial charge in [-0.2, -0.15) is 0 Å². The van der Waals surface area contributed by atoms with Crippen LogP contribution in [-0.4, -0.2) is 42.1 Å². The van der Waals surface area contributed by atoms with Crippen molar-refractivity contribution < 1.29 is 0 Å². The van der Waals surface area contributed by atoms with Gasteiger partial charge >= 0.3 is 0 Å². The van der Waals surface area contributed by atoms with E-state index in [0.29, 0.717) is 6.04 Å². The first-order valence-corrected chi connectivity index (χ1v) is 6.50. The first-order chi connectivity index (χ1) is 5.29. The van der Waals surface area contributed by atoms with Gasteiger partial charge in [0.05, 0.1) is 0 Å². The molecular weight excluding hydrogens is 176 g/mol. The molecule has 0 radical (unpaired) electrons. The summed E-state index contributed by atoms with van der Waals surface area (Å²) in [5.74, 6) is 2.49. The summed E-state index contributed by atoms with van der Waals surface area (Å²) in [4.78, 5) is 2.46. The minimum atomic E-state index is 0.322. The van der Waals surface area contributed by atoms with Gasteiger partial charge in [-0.15, -0.1) is 0 Å². The van der Waals surface area contributed by atoms with Gasteiger partial charge in [-0.1, -0.05) is 21.6 Å². The van der Waals surface area contributed by atoms with Crippen LogP contribution < -0.4 is 5.73 Å². The van der Waals surface area contributed by atoms with E-state index in [0.717, 1.165) is 6.54 Å². The average Bonchev–Trinajstić information content (AvgIpc) is 2.14. The number of hydrogen-bond acceptors (Lipinski definition) is 4. The summed E-state index contributed by atoms with van der Waals surface area (Å²) in [7, 11) is 3.96. The molecule has 66 valence electrons. The fourth-order valence-corrected chi connectivity index (χ4v) is 3.21. The zero-order chi connectivity index (χ0) is 8.10. The van der Waals surface area contributed by atoms with E-state index in [2.05, 4.69) is 11.8 Å². The second-order valence-corrected chi connectivity index (χ2v) is 5.62. The predicted molar refractivity (Wildman–Crippen MR) is 55.0 cm³/mol. The van der Waals surface area contributed by atoms with Gasteiger partial charge < -0.3 is 10.6 Å². The highest BCUT2D eigenvalue weighted by atomic mass is 33.1. The molecular formula is C7H16N2S2. The van der Waals surface area contributed by atoms with Crippen molar-refractivity contribution in [3.63, 3.8) is 0 Å². The van der Waals surface area contributed by atoms with Crippen molar-refractivity contribution in [2.24, 2.45) is 5.73 Å². The fraction of sp³-hybridized carbons (Fsp3) is 1.00. The maximum atomic E-state index is 5.72. The normalized spacial score (nSPS) is 24.5. The minimum absolute atomic E-state index is 0.322. The van der Waals surface area contributed by atoms with Crippen molar-refractivity contribution in [1.82, 2.24) is 4.90 Å². The van der Waals surface area contributed by atoms with Crippen LogP contribution in [0.1, 0.15) is 6.92 Å². The Morgan fingerprint density at radius 2 is 1.91 bits per heavy atom. The molecule has 0 amide bonds. The van der Waals surface area contributed by atoms with Crippen LogP contribution in [0.15, 0.2) is 0 Å². The van der Waals surface area contributed by atoms with Gasteiger partial charge in [0.15, 0.2) is 0 Å². The lowest BCUT2D eigenvalue weighted by atomic mass is 10.3. The second kappa shape index (κ2) is 5.30. The molecule has 1 rings (SSSR count). The molecule has 1 heterocycles. The van der Waals surface area contributed by atoms with Crippen LogP contribution in [0.4, 0.5) is 0 Å². The summed E-state index contributed by atoms with van der Waals surface area (Å²) in [5.41, 5.74) is 5.72. The van der Waals surface area contributed by atoms with Gasteiger partial charge in [0.25, 0.3) is 0 Å². The van der Waals surface area contributed by atoms with Crippen molar-refractivity contribution in [2.45, 2.75) is 13.0 Å². The van der Waals surface area contributed by atoms with Crippen molar-refractivity contribution in [1.29, 1.82) is 0 Å². The molecule has 2 N–H and O–H groups in total. The van der Waals surface area contributed by atoms with Gasteiger partial charge in [-0.25, -0.2) is 0 Å². The Morgan fingerprint density at radius 1 is 1.36 bits per heavy atom. The van der Waals surface area contributed by atoms with E-state index in [-0.39, 0.29) is 0 Å². The maximum absolute atomic E-state index is 5.72. The van der Waals surface area contributed by atoms with Crippen LogP contribution in [0.5, 0.6) is 0 Å². The summed E-state index contributed by atoms with van der Waals surface area (Å²) >= 11 is 0. The van der Waals surface area contributed by atoms with Crippen LogP contribution in [0.3, 0.4) is 0 Å². The van der Waals surface area contributed by atoms with Gasteiger partial charge in [-0.05, 0) is 6.92 Å². The van der Waals surface area contributed by atoms with Gasteiger partial charge in [0, 0.05) is 37.2 Å². The van der Waals surface area contributed by atoms with E-state index in [1.807, 2.05) is 21.6 Å². The Bertz CT molecular complexity index is 101. The molecule has 1 aliphatic heterocycles. The summed E-state index contributed by atoms with van der Waals surface area (Å²) in [6.07, 6.45) is 0. The Balaban J connectivity index is 2.20. The molecule has 0 bridgehead atoms. The largest absolute Gasteiger partial charge is 0.327 e. The van der Waals surface area contributed by atoms with E-state index < -0.39 is 0 Å². The number of hydrogen-bond donors (Lipinski definition) is 1. The first-order valence-electron chi connectivity index (χ1n) is 4.01. The van der Waals surface area contributed by atoms with Crippen molar-refractivity contribution in [3.8, 4) is 0 Å². The standard InChI is InChI=1S/C7H16N2S2/c1-7(8)6-9-2-4-10-11-5-3-9/h7H,2-6,8H2,1H3. The van der Waals surface area contributed by atoms with E-state index in [1.165, 1.54) is 24.6 Å². The van der Waals surface area contributed by atoms with Crippen LogP contribution in [0.25, 0.3) is 0 Å². The average molecular weight is 192 g/mol. The molecule has 0 aromatic carbocycles. The monoisotopic (exact) mass is 192 g/mol. The van der Waals surface area contributed by atoms with Crippen LogP contribution in [-0.2, 0) is 0 Å². The zero-order valence-corrected chi connectivity index (χ0v) is 8.59. The second-order valence-electron chi connectivity index (χ2n) is 2.92. The molecule has 0 aromatic rings. The molecule has 1 aliphatic rings. The molecule has 0 aliphatic carbocycles. The number of nitrogens with two attached hydrogens (primary N) is 1. The topological polar surface area (TPSA) is 29.3 Å². The number of rotatable bonds is 2. The molecule has 4 heteroatoms. The van der Waals surface area contributed by atoms with Crippen LogP contribution in [0, 0.1) is 0 Å². The molecule has 0 aromatic heterocycles. The molecule has 1 saturated heterocycles. The van der Waals surface area contributed by atoms with Crippen molar-refractivity contribution in [2.75, 3.05) is 31.1 Å². The summed E-state index contributed by atoms with van der Waals surface area (Å²) in [6.45, 7) is 5.55. The molecule has 2 nitrogen and oxygen atoms in total. The fourth-order valence-electron chi connectivity index (χ4n) is 1.15. The lowest BCUT2D eigenvalue weighted by Gasteiger charge is -2.20. The summed E-state index contributed by atoms with van der Waals surface area (Å²) in [6, 6.07) is 0.322. The molecule has 0 spiro atoms. The molecule has 1 atom stereocenters. The minimum Gasteiger partial charge on any atom is -0.327 e. The Labute approximate surface area is 76.7 Å². The van der Waals surface area contributed by atoms with Gasteiger partial charge in [0.2, 0.25) is 0 Å². The Hall–Kier alpha value is 0.620. The first kappa shape index (κ1) is 9.71. The maximum Gasteiger partial charge on any atom is 0.0165 e. The highest BCUT2D eigenvalue weighted by Crippen LogP contribution is 2.23. The molecule has 0 saturated carbocycles. The number of nitrogens with zero attached hydrogens (tertiary/aromatic N) is 1. The van der Waals surface area contributed by atoms with E-state index in [4.69, 9.17) is 5.73 Å². The smallest absolute Gasteiger partial charge is 0.0165 e. The van der Waals surface area contributed by atoms with E-state index >= 15 is 0 Å². The van der Waals surface area contributed by atoms with Crippen molar-refractivity contribution >= 4 is 21.6 Å². The quantitative estimate of drug-likeness (QED) is 0.662. The lowest BCUT2D eigenvalue weighted by Crippen LogP contribution is -2.37. The van der Waals surface area contributed by atoms with Gasteiger partial charge in [0.1, 0.15) is 0 Å². The highest BCUT2D eigenvalue weighted by molar-refractivity contribution is 8.76. The Kier molecular flexibility index (Phi) is 4.67. The summed E-state index contributed by atoms with van der Waals surface area (Å²) in [5, 5.41) is 0. The Morgan fingerprint density at radius 3 is 2.36 bits per heavy atom. The van der Waals surface area contributed by atoms with Crippen molar-refractivity contribution in [3.05, 3.63) is 0 Å². The lowest BCUT2D eigenvalue weighted by molar-refractivity contribution is 0.295. The van der Waals surface area contributed by atoms with Crippen LogP contribution >= 0.6 is 21.6 Å². The van der Waals surface area contributed by atoms with Gasteiger partial charge in [-0.3, -0.25) is 0 Å². The molecule has 1 unspecified atom stereocenters. The zero-order valence-electron chi connectivity index (χ0n) is 6.95. The third-order valence-corrected chi connectivity index (χ3v) is 3.98. The molecule has 1 fully saturated rings. The highest BCUT2D eigenvalue weighted by Gasteiger charge is 2.10. The summed E-state index contributed by atoms with van der Waals surface area (Å²) < 4.78 is 0. The van der Waals surface area contributed by atoms with Crippen LogP contribution in [0.2, 0.25) is 0 Å². The predicted octanol–water partition coefficient (Wildman–Crippen LogP) is 1.03. The third kappa shape index (κ3) is 4.25. The SMILES string of the molecule is CC(N)CN1CCSSCC1. The molecule has 11 heavy (non-hydrogen) atoms. The van der Waals surface area contributed by atoms with E-state index in [9.17, 15) is 0 Å². The van der Waals surface area contributed by atoms with E-state index in [1.54, 1.807) is 0 Å².